The van der Waals surface area contributed by atoms with Gasteiger partial charge in [-0.3, -0.25) is 0 Å². The first-order valence-electron chi connectivity index (χ1n) is 4.07. The minimum absolute atomic E-state index is 0.257. The minimum atomic E-state index is -2.67. The lowest BCUT2D eigenvalue weighted by Gasteiger charge is -2.22. The van der Waals surface area contributed by atoms with Crippen molar-refractivity contribution in [3.8, 4) is 0 Å². The Hall–Kier alpha value is -0.693. The van der Waals surface area contributed by atoms with Crippen LogP contribution in [0.4, 0.5) is 0 Å². The first-order chi connectivity index (χ1) is 6.51. The Morgan fingerprint density at radius 2 is 1.71 bits per heavy atom. The van der Waals surface area contributed by atoms with E-state index in [-0.39, 0.29) is 5.57 Å². The van der Waals surface area contributed by atoms with Gasteiger partial charge < -0.3 is 18.4 Å². The van der Waals surface area contributed by atoms with E-state index in [1.54, 1.807) is 6.08 Å². The van der Waals surface area contributed by atoms with E-state index in [0.29, 0.717) is 6.04 Å². The van der Waals surface area contributed by atoms with Gasteiger partial charge in [-0.25, -0.2) is 4.79 Å². The van der Waals surface area contributed by atoms with Gasteiger partial charge in [-0.1, -0.05) is 6.08 Å². The predicted molar refractivity (Wildman–Crippen MR) is 53.0 cm³/mol. The van der Waals surface area contributed by atoms with Gasteiger partial charge in [0.25, 0.3) is 0 Å². The standard InChI is InChI=1S/C8H16O5Si/c1-7(8(9)10)5-6-14(11-2,12-3)13-4/h5H,6H2,1-4H3,(H,9,10). The molecule has 0 aliphatic rings. The highest BCUT2D eigenvalue weighted by molar-refractivity contribution is 6.61. The van der Waals surface area contributed by atoms with Gasteiger partial charge in [-0.2, -0.15) is 0 Å². The molecule has 0 unspecified atom stereocenters. The van der Waals surface area contributed by atoms with Crippen LogP contribution in [0.25, 0.3) is 0 Å². The fourth-order valence-corrected chi connectivity index (χ4v) is 2.42. The Kier molecular flexibility index (Phi) is 5.62. The summed E-state index contributed by atoms with van der Waals surface area (Å²) in [5.41, 5.74) is 0.257. The maximum Gasteiger partial charge on any atom is 0.504 e. The van der Waals surface area contributed by atoms with Crippen molar-refractivity contribution in [2.24, 2.45) is 0 Å². The van der Waals surface area contributed by atoms with Gasteiger partial charge in [-0.05, 0) is 6.92 Å². The number of aliphatic carboxylic acids is 1. The highest BCUT2D eigenvalue weighted by Crippen LogP contribution is 2.14. The summed E-state index contributed by atoms with van der Waals surface area (Å²) < 4.78 is 15.4. The van der Waals surface area contributed by atoms with E-state index in [1.807, 2.05) is 0 Å². The van der Waals surface area contributed by atoms with Gasteiger partial charge in [0.2, 0.25) is 0 Å². The zero-order valence-corrected chi connectivity index (χ0v) is 9.86. The van der Waals surface area contributed by atoms with Crippen LogP contribution in [-0.4, -0.2) is 41.2 Å². The zero-order chi connectivity index (χ0) is 11.2. The van der Waals surface area contributed by atoms with E-state index < -0.39 is 14.8 Å². The third-order valence-electron chi connectivity index (χ3n) is 1.93. The highest BCUT2D eigenvalue weighted by Gasteiger charge is 2.36. The van der Waals surface area contributed by atoms with Gasteiger partial charge >= 0.3 is 14.8 Å². The number of hydrogen-bond donors (Lipinski definition) is 1. The molecule has 14 heavy (non-hydrogen) atoms. The predicted octanol–water partition coefficient (Wildman–Crippen LogP) is 0.895. The molecule has 0 atom stereocenters. The van der Waals surface area contributed by atoms with Crippen LogP contribution in [0.5, 0.6) is 0 Å². The Labute approximate surface area is 84.7 Å². The Morgan fingerprint density at radius 3 is 2.00 bits per heavy atom. The van der Waals surface area contributed by atoms with Crippen molar-refractivity contribution in [2.75, 3.05) is 21.3 Å². The second-order valence-corrected chi connectivity index (χ2v) is 5.69. The van der Waals surface area contributed by atoms with Crippen LogP contribution in [0.3, 0.4) is 0 Å². The summed E-state index contributed by atoms with van der Waals surface area (Å²) in [7, 11) is 1.80. The summed E-state index contributed by atoms with van der Waals surface area (Å²) in [6.45, 7) is 1.52. The lowest BCUT2D eigenvalue weighted by atomic mass is 10.3. The monoisotopic (exact) mass is 220 g/mol. The van der Waals surface area contributed by atoms with Crippen molar-refractivity contribution < 1.29 is 23.2 Å². The van der Waals surface area contributed by atoms with Crippen molar-refractivity contribution in [2.45, 2.75) is 13.0 Å². The van der Waals surface area contributed by atoms with Gasteiger partial charge in [0.15, 0.2) is 0 Å². The van der Waals surface area contributed by atoms with E-state index >= 15 is 0 Å². The van der Waals surface area contributed by atoms with Crippen LogP contribution in [0, 0.1) is 0 Å². The maximum atomic E-state index is 10.5. The molecule has 0 spiro atoms. The second-order valence-electron chi connectivity index (χ2n) is 2.69. The van der Waals surface area contributed by atoms with Gasteiger partial charge in [-0.15, -0.1) is 0 Å². The molecule has 1 N–H and O–H groups in total. The number of carboxylic acids is 1. The molecule has 0 aliphatic carbocycles. The smallest absolute Gasteiger partial charge is 0.478 e. The minimum Gasteiger partial charge on any atom is -0.478 e. The molecule has 0 fully saturated rings. The molecule has 0 aromatic rings. The average molecular weight is 220 g/mol. The van der Waals surface area contributed by atoms with Crippen molar-refractivity contribution in [1.82, 2.24) is 0 Å². The van der Waals surface area contributed by atoms with Gasteiger partial charge in [0.1, 0.15) is 0 Å². The molecule has 82 valence electrons. The number of hydrogen-bond acceptors (Lipinski definition) is 4. The molecule has 0 amide bonds. The van der Waals surface area contributed by atoms with Gasteiger partial charge in [0, 0.05) is 32.9 Å². The van der Waals surface area contributed by atoms with E-state index in [4.69, 9.17) is 18.4 Å². The molecule has 6 heteroatoms. The quantitative estimate of drug-likeness (QED) is 0.532. The SMILES string of the molecule is CO[Si](CC=C(C)C(=O)O)(OC)OC. The Morgan fingerprint density at radius 1 is 1.29 bits per heavy atom. The molecule has 0 rings (SSSR count). The third kappa shape index (κ3) is 3.58. The van der Waals surface area contributed by atoms with Gasteiger partial charge in [0.05, 0.1) is 0 Å². The molecule has 0 aromatic heterocycles. The van der Waals surface area contributed by atoms with Crippen molar-refractivity contribution in [3.63, 3.8) is 0 Å². The molecule has 0 heterocycles. The van der Waals surface area contributed by atoms with E-state index in [1.165, 1.54) is 28.3 Å². The van der Waals surface area contributed by atoms with Crippen LogP contribution in [0.1, 0.15) is 6.92 Å². The summed E-state index contributed by atoms with van der Waals surface area (Å²) in [6, 6.07) is 0.356. The largest absolute Gasteiger partial charge is 0.504 e. The fraction of sp³-hybridized carbons (Fsp3) is 0.625. The van der Waals surface area contributed by atoms with E-state index in [2.05, 4.69) is 0 Å². The first kappa shape index (κ1) is 13.3. The molecule has 0 aliphatic heterocycles. The molecule has 0 bridgehead atoms. The summed E-state index contributed by atoms with van der Waals surface area (Å²) in [4.78, 5) is 10.5. The molecular formula is C8H16O5Si. The van der Waals surface area contributed by atoms with Crippen LogP contribution in [0.15, 0.2) is 11.6 Å². The molecule has 0 saturated carbocycles. The molecule has 0 radical (unpaired) electrons. The van der Waals surface area contributed by atoms with Crippen LogP contribution in [-0.2, 0) is 18.1 Å². The molecular weight excluding hydrogens is 204 g/mol. The molecule has 0 saturated heterocycles. The van der Waals surface area contributed by atoms with Crippen LogP contribution < -0.4 is 0 Å². The number of carboxylic acid groups (broad SMARTS) is 1. The topological polar surface area (TPSA) is 65.0 Å². The van der Waals surface area contributed by atoms with E-state index in [0.717, 1.165) is 0 Å². The van der Waals surface area contributed by atoms with Crippen molar-refractivity contribution in [3.05, 3.63) is 11.6 Å². The average Bonchev–Trinajstić information content (AvgIpc) is 2.20. The normalized spacial score (nSPS) is 13.0. The molecule has 0 aromatic carbocycles. The Balaban J connectivity index is 4.46. The summed E-state index contributed by atoms with van der Waals surface area (Å²) >= 11 is 0. The lowest BCUT2D eigenvalue weighted by molar-refractivity contribution is -0.132. The van der Waals surface area contributed by atoms with Crippen molar-refractivity contribution >= 4 is 14.8 Å². The van der Waals surface area contributed by atoms with Crippen LogP contribution >= 0.6 is 0 Å². The summed E-state index contributed by atoms with van der Waals surface area (Å²) in [6.07, 6.45) is 1.55. The fourth-order valence-electron chi connectivity index (χ4n) is 0.865. The maximum absolute atomic E-state index is 10.5. The van der Waals surface area contributed by atoms with E-state index in [9.17, 15) is 4.79 Å². The summed E-state index contributed by atoms with van der Waals surface area (Å²) in [5.74, 6) is -0.948. The first-order valence-corrected chi connectivity index (χ1v) is 6.00. The summed E-state index contributed by atoms with van der Waals surface area (Å²) in [5, 5.41) is 8.62. The number of carbonyl (C=O) groups is 1. The number of rotatable bonds is 6. The Bertz CT molecular complexity index is 214. The van der Waals surface area contributed by atoms with Crippen molar-refractivity contribution in [1.29, 1.82) is 0 Å². The highest BCUT2D eigenvalue weighted by atomic mass is 28.4. The third-order valence-corrected chi connectivity index (χ3v) is 4.50. The number of allylic oxidation sites excluding steroid dienone is 1. The lowest BCUT2D eigenvalue weighted by Crippen LogP contribution is -2.42. The molecule has 5 nitrogen and oxygen atoms in total. The zero-order valence-electron chi connectivity index (χ0n) is 8.86. The second kappa shape index (κ2) is 5.92. The van der Waals surface area contributed by atoms with Crippen LogP contribution in [0.2, 0.25) is 6.04 Å².